The Balaban J connectivity index is 1.88. The van der Waals surface area contributed by atoms with Crippen molar-refractivity contribution in [3.8, 4) is 0 Å². The number of aryl methyl sites for hydroxylation is 1. The van der Waals surface area contributed by atoms with Gasteiger partial charge in [-0.3, -0.25) is 4.90 Å². The number of nitrogens with one attached hydrogen (secondary N) is 1. The highest BCUT2D eigenvalue weighted by molar-refractivity contribution is 5.58. The predicted octanol–water partition coefficient (Wildman–Crippen LogP) is 2.28. The van der Waals surface area contributed by atoms with Crippen LogP contribution in [-0.4, -0.2) is 63.1 Å². The zero-order valence-electron chi connectivity index (χ0n) is 15.3. The highest BCUT2D eigenvalue weighted by atomic mass is 19.4. The van der Waals surface area contributed by atoms with Gasteiger partial charge in [-0.1, -0.05) is 0 Å². The summed E-state index contributed by atoms with van der Waals surface area (Å²) in [6.45, 7) is 11.3. The molecule has 26 heavy (non-hydrogen) atoms. The number of nitrogens with zero attached hydrogens (tertiary/aromatic N) is 5. The molecule has 0 radical (unpaired) electrons. The molecule has 3 rings (SSSR count). The maximum absolute atomic E-state index is 13.1. The molecule has 0 amide bonds. The lowest BCUT2D eigenvalue weighted by Crippen LogP contribution is -2.53. The van der Waals surface area contributed by atoms with E-state index < -0.39 is 12.0 Å². The summed E-state index contributed by atoms with van der Waals surface area (Å²) in [4.78, 5) is 2.30. The van der Waals surface area contributed by atoms with Crippen LogP contribution in [-0.2, 0) is 10.9 Å². The summed E-state index contributed by atoms with van der Waals surface area (Å²) >= 11 is 0. The first-order valence-corrected chi connectivity index (χ1v) is 8.48. The Morgan fingerprint density at radius 3 is 2.35 bits per heavy atom. The average molecular weight is 372 g/mol. The number of halogens is 3. The van der Waals surface area contributed by atoms with Gasteiger partial charge in [0.25, 0.3) is 5.82 Å². The van der Waals surface area contributed by atoms with E-state index in [9.17, 15) is 13.2 Å². The van der Waals surface area contributed by atoms with E-state index in [1.807, 2.05) is 6.92 Å². The molecule has 1 aliphatic heterocycles. The lowest BCUT2D eigenvalue weighted by molar-refractivity contribution is -0.146. The largest absolute Gasteiger partial charge is 0.453 e. The van der Waals surface area contributed by atoms with Gasteiger partial charge in [-0.15, -0.1) is 15.3 Å². The van der Waals surface area contributed by atoms with E-state index in [0.29, 0.717) is 31.1 Å². The van der Waals surface area contributed by atoms with Crippen molar-refractivity contribution in [2.75, 3.05) is 38.2 Å². The molecule has 3 heterocycles. The van der Waals surface area contributed by atoms with Gasteiger partial charge in [-0.2, -0.15) is 17.7 Å². The number of rotatable bonds is 4. The summed E-state index contributed by atoms with van der Waals surface area (Å²) in [7, 11) is 0. The topological polar surface area (TPSA) is 67.6 Å². The lowest BCUT2D eigenvalue weighted by Gasteiger charge is -2.41. The number of ether oxygens (including phenoxy) is 1. The summed E-state index contributed by atoms with van der Waals surface area (Å²) in [6, 6.07) is 0. The third-order valence-corrected chi connectivity index (χ3v) is 4.90. The van der Waals surface area contributed by atoms with Gasteiger partial charge in [-0.05, 0) is 33.3 Å². The molecule has 1 aliphatic rings. The molecule has 0 unspecified atom stereocenters. The molecule has 0 spiro atoms. The van der Waals surface area contributed by atoms with Crippen LogP contribution in [0.15, 0.2) is 0 Å². The Labute approximate surface area is 149 Å². The monoisotopic (exact) mass is 372 g/mol. The van der Waals surface area contributed by atoms with Gasteiger partial charge >= 0.3 is 6.18 Å². The van der Waals surface area contributed by atoms with Crippen LogP contribution < -0.4 is 5.32 Å². The smallest absolute Gasteiger partial charge is 0.379 e. The van der Waals surface area contributed by atoms with Crippen LogP contribution in [0.5, 0.6) is 0 Å². The van der Waals surface area contributed by atoms with E-state index in [1.165, 1.54) is 0 Å². The molecule has 0 atom stereocenters. The fourth-order valence-electron chi connectivity index (χ4n) is 3.05. The molecule has 0 bridgehead atoms. The quantitative estimate of drug-likeness (QED) is 0.888. The second-order valence-electron chi connectivity index (χ2n) is 7.12. The fraction of sp³-hybridized carbons (Fsp3) is 0.688. The van der Waals surface area contributed by atoms with Gasteiger partial charge in [0.2, 0.25) is 0 Å². The third-order valence-electron chi connectivity index (χ3n) is 4.90. The van der Waals surface area contributed by atoms with Gasteiger partial charge in [0, 0.05) is 30.7 Å². The minimum Gasteiger partial charge on any atom is -0.379 e. The molecule has 0 aromatic carbocycles. The van der Waals surface area contributed by atoms with Gasteiger partial charge in [0.15, 0.2) is 5.65 Å². The molecule has 7 nitrogen and oxygen atoms in total. The Morgan fingerprint density at radius 1 is 1.08 bits per heavy atom. The standard InChI is InChI=1S/C16H23F3N6O/c1-10-11(2)13-21-22-14(16(17,18)19)25(13)23-12(10)20-9-15(3,4)24-5-7-26-8-6-24/h5-9H2,1-4H3,(H,20,23). The number of alkyl halides is 3. The van der Waals surface area contributed by atoms with Crippen molar-refractivity contribution in [2.45, 2.75) is 39.4 Å². The van der Waals surface area contributed by atoms with Gasteiger partial charge in [-0.25, -0.2) is 0 Å². The molecule has 1 N–H and O–H groups in total. The van der Waals surface area contributed by atoms with E-state index in [-0.39, 0.29) is 11.2 Å². The normalized spacial score (nSPS) is 17.0. The molecule has 1 fully saturated rings. The van der Waals surface area contributed by atoms with Crippen molar-refractivity contribution in [3.05, 3.63) is 17.0 Å². The third kappa shape index (κ3) is 3.48. The van der Waals surface area contributed by atoms with Crippen molar-refractivity contribution >= 4 is 11.5 Å². The molecule has 10 heteroatoms. The summed E-state index contributed by atoms with van der Waals surface area (Å²) in [5.74, 6) is -0.715. The predicted molar refractivity (Wildman–Crippen MR) is 90.2 cm³/mol. The van der Waals surface area contributed by atoms with Crippen LogP contribution in [0, 0.1) is 13.8 Å². The van der Waals surface area contributed by atoms with Crippen molar-refractivity contribution < 1.29 is 17.9 Å². The molecule has 2 aromatic heterocycles. The molecule has 1 saturated heterocycles. The zero-order valence-corrected chi connectivity index (χ0v) is 15.3. The summed E-state index contributed by atoms with van der Waals surface area (Å²) in [5.41, 5.74) is 1.31. The second-order valence-corrected chi connectivity index (χ2v) is 7.12. The number of morpholine rings is 1. The van der Waals surface area contributed by atoms with Gasteiger partial charge in [0.1, 0.15) is 5.82 Å². The Bertz CT molecular complexity index is 795. The minimum absolute atomic E-state index is 0.118. The van der Waals surface area contributed by atoms with Gasteiger partial charge < -0.3 is 10.1 Å². The minimum atomic E-state index is -4.61. The van der Waals surface area contributed by atoms with Crippen LogP contribution in [0.4, 0.5) is 19.0 Å². The second kappa shape index (κ2) is 6.66. The lowest BCUT2D eigenvalue weighted by atomic mass is 10.0. The maximum Gasteiger partial charge on any atom is 0.453 e. The van der Waals surface area contributed by atoms with Crippen LogP contribution in [0.3, 0.4) is 0 Å². The molecule has 144 valence electrons. The number of hydrogen-bond acceptors (Lipinski definition) is 6. The van der Waals surface area contributed by atoms with Crippen molar-refractivity contribution in [3.63, 3.8) is 0 Å². The van der Waals surface area contributed by atoms with Crippen molar-refractivity contribution in [1.82, 2.24) is 24.7 Å². The van der Waals surface area contributed by atoms with E-state index in [1.54, 1.807) is 6.92 Å². The first-order chi connectivity index (χ1) is 12.1. The zero-order chi connectivity index (χ0) is 19.1. The summed E-state index contributed by atoms with van der Waals surface area (Å²) in [5, 5.41) is 14.3. The van der Waals surface area contributed by atoms with Crippen LogP contribution in [0.25, 0.3) is 5.65 Å². The Morgan fingerprint density at radius 2 is 1.73 bits per heavy atom. The summed E-state index contributed by atoms with van der Waals surface area (Å²) < 4.78 is 45.5. The van der Waals surface area contributed by atoms with E-state index in [0.717, 1.165) is 23.2 Å². The molecular formula is C16H23F3N6O. The Kier molecular flexibility index (Phi) is 4.82. The van der Waals surface area contributed by atoms with Crippen LogP contribution in [0.2, 0.25) is 0 Å². The number of fused-ring (bicyclic) bond motifs is 1. The van der Waals surface area contributed by atoms with E-state index in [2.05, 4.69) is 39.4 Å². The highest BCUT2D eigenvalue weighted by Crippen LogP contribution is 2.30. The molecule has 0 saturated carbocycles. The van der Waals surface area contributed by atoms with Crippen molar-refractivity contribution in [1.29, 1.82) is 0 Å². The first-order valence-electron chi connectivity index (χ1n) is 8.48. The highest BCUT2D eigenvalue weighted by Gasteiger charge is 2.38. The number of hydrogen-bond donors (Lipinski definition) is 1. The maximum atomic E-state index is 13.1. The first kappa shape index (κ1) is 18.8. The SMILES string of the molecule is Cc1c(NCC(C)(C)N2CCOCC2)nn2c(C(F)(F)F)nnc2c1C. The van der Waals surface area contributed by atoms with E-state index >= 15 is 0 Å². The average Bonchev–Trinajstić information content (AvgIpc) is 3.02. The van der Waals surface area contributed by atoms with Gasteiger partial charge in [0.05, 0.1) is 13.2 Å². The molecule has 0 aliphatic carbocycles. The van der Waals surface area contributed by atoms with Crippen LogP contribution >= 0.6 is 0 Å². The fourth-order valence-corrected chi connectivity index (χ4v) is 3.05. The molecule has 2 aromatic rings. The summed E-state index contributed by atoms with van der Waals surface area (Å²) in [6.07, 6.45) is -4.61. The van der Waals surface area contributed by atoms with E-state index in [4.69, 9.17) is 4.74 Å². The number of anilines is 1. The number of aromatic nitrogens is 4. The molecular weight excluding hydrogens is 349 g/mol. The van der Waals surface area contributed by atoms with Crippen LogP contribution in [0.1, 0.15) is 30.8 Å². The Hall–Kier alpha value is -1.94. The van der Waals surface area contributed by atoms with Crippen molar-refractivity contribution in [2.24, 2.45) is 0 Å².